The summed E-state index contributed by atoms with van der Waals surface area (Å²) in [5.74, 6) is 2.00. The van der Waals surface area contributed by atoms with Crippen molar-refractivity contribution in [2.24, 2.45) is 10.8 Å². The molecule has 0 fully saturated rings. The number of carbonyl (C=O) groups is 2. The van der Waals surface area contributed by atoms with E-state index in [2.05, 4.69) is 24.4 Å². The van der Waals surface area contributed by atoms with E-state index in [9.17, 15) is 9.59 Å². The summed E-state index contributed by atoms with van der Waals surface area (Å²) in [7, 11) is 0. The van der Waals surface area contributed by atoms with Crippen LogP contribution in [-0.2, 0) is 14.3 Å². The standard InChI is InChI=1S/C34H67N3O3S/c1-3-5-7-9-11-12-13-14-15-16-17-18-19-21-23-27-33(38)37-36-32(35)26-25-30-41-31-28-34(39)40-29-24-22-20-10-8-6-4-2/h3-31H2,1-2H3,(H2,35,36)(H,37,38). The maximum Gasteiger partial charge on any atom is 0.306 e. The average molecular weight is 598 g/mol. The molecule has 0 aromatic heterocycles. The van der Waals surface area contributed by atoms with Gasteiger partial charge in [0.2, 0.25) is 5.91 Å². The first-order chi connectivity index (χ1) is 20.1. The van der Waals surface area contributed by atoms with Crippen molar-refractivity contribution in [1.82, 2.24) is 5.43 Å². The van der Waals surface area contributed by atoms with Crippen molar-refractivity contribution in [3.05, 3.63) is 0 Å². The molecule has 0 unspecified atom stereocenters. The van der Waals surface area contributed by atoms with Gasteiger partial charge in [-0.2, -0.15) is 16.9 Å². The zero-order valence-electron chi connectivity index (χ0n) is 27.2. The lowest BCUT2D eigenvalue weighted by molar-refractivity contribution is -0.143. The van der Waals surface area contributed by atoms with Crippen LogP contribution in [0.25, 0.3) is 0 Å². The minimum Gasteiger partial charge on any atom is -0.466 e. The summed E-state index contributed by atoms with van der Waals surface area (Å²) in [4.78, 5) is 23.8. The third-order valence-corrected chi connectivity index (χ3v) is 8.58. The molecule has 0 aliphatic rings. The van der Waals surface area contributed by atoms with Crippen molar-refractivity contribution in [2.75, 3.05) is 18.1 Å². The summed E-state index contributed by atoms with van der Waals surface area (Å²) in [5, 5.41) is 4.04. The van der Waals surface area contributed by atoms with Crippen LogP contribution in [0.3, 0.4) is 0 Å². The smallest absolute Gasteiger partial charge is 0.306 e. The molecule has 0 aliphatic heterocycles. The Kier molecular flexibility index (Phi) is 32.3. The van der Waals surface area contributed by atoms with Crippen LogP contribution in [0.2, 0.25) is 0 Å². The van der Waals surface area contributed by atoms with E-state index in [1.165, 1.54) is 116 Å². The molecule has 0 aliphatic carbocycles. The van der Waals surface area contributed by atoms with Crippen molar-refractivity contribution < 1.29 is 14.3 Å². The summed E-state index contributed by atoms with van der Waals surface area (Å²) in [6.45, 7) is 5.05. The number of hydrogen-bond donors (Lipinski definition) is 2. The molecule has 0 spiro atoms. The number of thioether (sulfide) groups is 1. The predicted molar refractivity (Wildman–Crippen MR) is 179 cm³/mol. The van der Waals surface area contributed by atoms with Crippen molar-refractivity contribution in [3.63, 3.8) is 0 Å². The number of unbranched alkanes of at least 4 members (excludes halogenated alkanes) is 20. The number of ether oxygens (including phenoxy) is 1. The zero-order chi connectivity index (χ0) is 30.1. The number of nitrogens with two attached hydrogens (primary N) is 1. The first-order valence-corrected chi connectivity index (χ1v) is 18.6. The Morgan fingerprint density at radius 3 is 1.56 bits per heavy atom. The fourth-order valence-corrected chi connectivity index (χ4v) is 5.70. The molecule has 6 nitrogen and oxygen atoms in total. The number of esters is 1. The molecule has 3 N–H and O–H groups in total. The van der Waals surface area contributed by atoms with Gasteiger partial charge in [-0.25, -0.2) is 5.43 Å². The number of nitrogens with one attached hydrogen (secondary N) is 1. The van der Waals surface area contributed by atoms with Gasteiger partial charge in [-0.3, -0.25) is 9.59 Å². The molecule has 0 atom stereocenters. The molecule has 41 heavy (non-hydrogen) atoms. The van der Waals surface area contributed by atoms with Crippen LogP contribution in [0.15, 0.2) is 5.10 Å². The second-order valence-electron chi connectivity index (χ2n) is 11.6. The molecule has 0 aromatic carbocycles. The highest BCUT2D eigenvalue weighted by atomic mass is 32.2. The predicted octanol–water partition coefficient (Wildman–Crippen LogP) is 9.83. The Hall–Kier alpha value is -1.24. The summed E-state index contributed by atoms with van der Waals surface area (Å²) < 4.78 is 5.32. The third-order valence-electron chi connectivity index (χ3n) is 7.51. The summed E-state index contributed by atoms with van der Waals surface area (Å²) >= 11 is 1.73. The molecular formula is C34H67N3O3S. The lowest BCUT2D eigenvalue weighted by Gasteiger charge is -2.06. The molecule has 0 rings (SSSR count). The van der Waals surface area contributed by atoms with Gasteiger partial charge in [0, 0.05) is 18.6 Å². The quantitative estimate of drug-likeness (QED) is 0.0265. The highest BCUT2D eigenvalue weighted by molar-refractivity contribution is 7.99. The Bertz CT molecular complexity index is 616. The Morgan fingerprint density at radius 2 is 1.05 bits per heavy atom. The molecule has 0 saturated heterocycles. The van der Waals surface area contributed by atoms with E-state index < -0.39 is 0 Å². The van der Waals surface area contributed by atoms with Gasteiger partial charge in [0.1, 0.15) is 5.84 Å². The Balaban J connectivity index is 3.43. The van der Waals surface area contributed by atoms with E-state index in [0.29, 0.717) is 31.7 Å². The van der Waals surface area contributed by atoms with Crippen LogP contribution < -0.4 is 11.2 Å². The second-order valence-corrected chi connectivity index (χ2v) is 12.9. The van der Waals surface area contributed by atoms with E-state index in [0.717, 1.165) is 43.6 Å². The zero-order valence-corrected chi connectivity index (χ0v) is 28.0. The summed E-state index contributed by atoms with van der Waals surface area (Å²) in [6, 6.07) is 0. The van der Waals surface area contributed by atoms with Crippen molar-refractivity contribution in [3.8, 4) is 0 Å². The minimum absolute atomic E-state index is 0.0491. The normalized spacial score (nSPS) is 11.6. The van der Waals surface area contributed by atoms with E-state index in [4.69, 9.17) is 10.5 Å². The monoisotopic (exact) mass is 597 g/mol. The molecule has 1 amide bonds. The molecule has 0 heterocycles. The van der Waals surface area contributed by atoms with Gasteiger partial charge in [-0.05, 0) is 25.0 Å². The van der Waals surface area contributed by atoms with E-state index in [1.54, 1.807) is 11.8 Å². The number of rotatable bonds is 32. The lowest BCUT2D eigenvalue weighted by atomic mass is 10.0. The first-order valence-electron chi connectivity index (χ1n) is 17.4. The number of amidine groups is 1. The number of nitrogens with zero attached hydrogens (tertiary/aromatic N) is 1. The first kappa shape index (κ1) is 39.8. The van der Waals surface area contributed by atoms with Gasteiger partial charge in [0.05, 0.1) is 13.0 Å². The molecule has 0 saturated carbocycles. The van der Waals surface area contributed by atoms with Crippen molar-refractivity contribution in [2.45, 2.75) is 181 Å². The maximum absolute atomic E-state index is 12.0. The van der Waals surface area contributed by atoms with E-state index in [-0.39, 0.29) is 11.9 Å². The molecule has 0 aromatic rings. The molecule has 7 heteroatoms. The van der Waals surface area contributed by atoms with Gasteiger partial charge < -0.3 is 10.5 Å². The topological polar surface area (TPSA) is 93.8 Å². The third kappa shape index (κ3) is 33.1. The van der Waals surface area contributed by atoms with Gasteiger partial charge >= 0.3 is 5.97 Å². The van der Waals surface area contributed by atoms with Gasteiger partial charge in [-0.15, -0.1) is 0 Å². The van der Waals surface area contributed by atoms with Crippen LogP contribution in [0.4, 0.5) is 0 Å². The van der Waals surface area contributed by atoms with Crippen LogP contribution in [-0.4, -0.2) is 35.8 Å². The molecular weight excluding hydrogens is 530 g/mol. The second kappa shape index (κ2) is 33.3. The van der Waals surface area contributed by atoms with E-state index in [1.807, 2.05) is 0 Å². The number of amides is 1. The number of hydrogen-bond acceptors (Lipinski definition) is 5. The van der Waals surface area contributed by atoms with Crippen LogP contribution in [0, 0.1) is 0 Å². The average Bonchev–Trinajstić information content (AvgIpc) is 2.97. The fraction of sp³-hybridized carbons (Fsp3) is 0.912. The van der Waals surface area contributed by atoms with Crippen LogP contribution in [0.1, 0.15) is 181 Å². The highest BCUT2D eigenvalue weighted by Crippen LogP contribution is 2.14. The Morgan fingerprint density at radius 1 is 0.585 bits per heavy atom. The fourth-order valence-electron chi connectivity index (χ4n) is 4.83. The molecule has 242 valence electrons. The highest BCUT2D eigenvalue weighted by Gasteiger charge is 2.04. The summed E-state index contributed by atoms with van der Waals surface area (Å²) in [5.41, 5.74) is 8.53. The molecule has 0 bridgehead atoms. The van der Waals surface area contributed by atoms with Crippen LogP contribution in [0.5, 0.6) is 0 Å². The number of carbonyl (C=O) groups excluding carboxylic acids is 2. The lowest BCUT2D eigenvalue weighted by Crippen LogP contribution is -2.23. The number of hydrazone groups is 1. The Labute approximate surface area is 258 Å². The maximum atomic E-state index is 12.0. The van der Waals surface area contributed by atoms with Gasteiger partial charge in [0.15, 0.2) is 0 Å². The van der Waals surface area contributed by atoms with Crippen molar-refractivity contribution in [1.29, 1.82) is 0 Å². The minimum atomic E-state index is -0.0960. The van der Waals surface area contributed by atoms with E-state index >= 15 is 0 Å². The van der Waals surface area contributed by atoms with Crippen molar-refractivity contribution >= 4 is 29.5 Å². The van der Waals surface area contributed by atoms with Gasteiger partial charge in [0.25, 0.3) is 0 Å². The van der Waals surface area contributed by atoms with Gasteiger partial charge in [-0.1, -0.05) is 142 Å². The summed E-state index contributed by atoms with van der Waals surface area (Å²) in [6.07, 6.45) is 30.8. The largest absolute Gasteiger partial charge is 0.466 e. The van der Waals surface area contributed by atoms with Crippen LogP contribution >= 0.6 is 11.8 Å². The molecule has 0 radical (unpaired) electrons. The SMILES string of the molecule is CCCCCCCCCCCCCCCCCC(=O)NN=C(N)CCCSCCC(=O)OCCCCCCCCC.